The van der Waals surface area contributed by atoms with Crippen LogP contribution in [-0.2, 0) is 17.9 Å². The Labute approximate surface area is 141 Å². The van der Waals surface area contributed by atoms with Gasteiger partial charge >= 0.3 is 0 Å². The third-order valence-corrected chi connectivity index (χ3v) is 4.11. The van der Waals surface area contributed by atoms with E-state index in [0.717, 1.165) is 34.3 Å². The van der Waals surface area contributed by atoms with E-state index in [0.29, 0.717) is 26.2 Å². The molecule has 1 aromatic carbocycles. The van der Waals surface area contributed by atoms with Gasteiger partial charge in [-0.15, -0.1) is 0 Å². The molecule has 0 bridgehead atoms. The lowest BCUT2D eigenvalue weighted by Crippen LogP contribution is -2.22. The lowest BCUT2D eigenvalue weighted by atomic mass is 10.2. The maximum atomic E-state index is 10.4. The van der Waals surface area contributed by atoms with E-state index in [-0.39, 0.29) is 0 Å². The Bertz CT molecular complexity index is 815. The Morgan fingerprint density at radius 3 is 2.92 bits per heavy atom. The second-order valence-electron chi connectivity index (χ2n) is 5.83. The van der Waals surface area contributed by atoms with Crippen molar-refractivity contribution in [2.24, 2.45) is 0 Å². The van der Waals surface area contributed by atoms with Gasteiger partial charge in [-0.05, 0) is 33.0 Å². The molecule has 3 aromatic rings. The van der Waals surface area contributed by atoms with E-state index in [1.165, 1.54) is 0 Å². The number of aliphatic hydroxyl groups excluding tert-OH is 1. The zero-order valence-corrected chi connectivity index (χ0v) is 14.2. The van der Waals surface area contributed by atoms with E-state index in [1.807, 2.05) is 38.2 Å². The standard InChI is InChI=1S/C18H24N4O2/c1-3-24-12-17-21-16-10-20-15-7-5-4-6-14(15)18(16)22(17)11-13(23)8-9-19-2/h4-7,10,13,19,23H,3,8-9,11-12H2,1-2H3. The van der Waals surface area contributed by atoms with Crippen molar-refractivity contribution in [3.8, 4) is 0 Å². The topological polar surface area (TPSA) is 72.2 Å². The molecule has 0 saturated heterocycles. The summed E-state index contributed by atoms with van der Waals surface area (Å²) in [5.41, 5.74) is 2.78. The molecular weight excluding hydrogens is 304 g/mol. The number of rotatable bonds is 8. The molecule has 128 valence electrons. The van der Waals surface area contributed by atoms with Gasteiger partial charge in [0.1, 0.15) is 17.9 Å². The van der Waals surface area contributed by atoms with Crippen molar-refractivity contribution in [3.63, 3.8) is 0 Å². The number of para-hydroxylation sites is 1. The second kappa shape index (κ2) is 7.70. The van der Waals surface area contributed by atoms with Crippen molar-refractivity contribution >= 4 is 21.9 Å². The molecule has 3 rings (SSSR count). The zero-order valence-electron chi connectivity index (χ0n) is 14.2. The summed E-state index contributed by atoms with van der Waals surface area (Å²) >= 11 is 0. The number of benzene rings is 1. The number of nitrogens with one attached hydrogen (secondary N) is 1. The number of fused-ring (bicyclic) bond motifs is 3. The molecule has 0 aliphatic carbocycles. The first kappa shape index (κ1) is 16.8. The van der Waals surface area contributed by atoms with Crippen LogP contribution < -0.4 is 5.32 Å². The highest BCUT2D eigenvalue weighted by Gasteiger charge is 2.17. The van der Waals surface area contributed by atoms with Gasteiger partial charge in [0.2, 0.25) is 0 Å². The van der Waals surface area contributed by atoms with Gasteiger partial charge < -0.3 is 19.7 Å². The van der Waals surface area contributed by atoms with E-state index in [1.54, 1.807) is 6.20 Å². The van der Waals surface area contributed by atoms with Crippen molar-refractivity contribution in [2.75, 3.05) is 20.2 Å². The smallest absolute Gasteiger partial charge is 0.136 e. The molecule has 2 N–H and O–H groups in total. The third kappa shape index (κ3) is 3.40. The average molecular weight is 328 g/mol. The predicted octanol–water partition coefficient (Wildman–Crippen LogP) is 2.09. The van der Waals surface area contributed by atoms with Gasteiger partial charge in [0, 0.05) is 12.0 Å². The number of nitrogens with zero attached hydrogens (tertiary/aromatic N) is 3. The number of hydrogen-bond donors (Lipinski definition) is 2. The SMILES string of the molecule is CCOCc1nc2cnc3ccccc3c2n1CC(O)CCNC. The summed E-state index contributed by atoms with van der Waals surface area (Å²) in [4.78, 5) is 9.17. The normalized spacial score (nSPS) is 13.0. The highest BCUT2D eigenvalue weighted by molar-refractivity contribution is 6.02. The summed E-state index contributed by atoms with van der Waals surface area (Å²) in [7, 11) is 1.89. The number of ether oxygens (including phenoxy) is 1. The molecule has 0 amide bonds. The van der Waals surface area contributed by atoms with Gasteiger partial charge in [-0.2, -0.15) is 0 Å². The molecular formula is C18H24N4O2. The number of hydrogen-bond acceptors (Lipinski definition) is 5. The molecule has 1 unspecified atom stereocenters. The van der Waals surface area contributed by atoms with Crippen LogP contribution in [0.25, 0.3) is 21.9 Å². The minimum Gasteiger partial charge on any atom is -0.391 e. The van der Waals surface area contributed by atoms with E-state index in [2.05, 4.69) is 19.9 Å². The van der Waals surface area contributed by atoms with E-state index in [9.17, 15) is 5.11 Å². The average Bonchev–Trinajstić information content (AvgIpc) is 2.96. The first-order chi connectivity index (χ1) is 11.7. The van der Waals surface area contributed by atoms with Gasteiger partial charge in [-0.25, -0.2) is 4.98 Å². The Morgan fingerprint density at radius 1 is 1.29 bits per heavy atom. The van der Waals surface area contributed by atoms with E-state index < -0.39 is 6.10 Å². The minimum atomic E-state index is -0.442. The summed E-state index contributed by atoms with van der Waals surface area (Å²) < 4.78 is 7.65. The minimum absolute atomic E-state index is 0.429. The molecule has 2 aromatic heterocycles. The lowest BCUT2D eigenvalue weighted by Gasteiger charge is -2.15. The third-order valence-electron chi connectivity index (χ3n) is 4.11. The lowest BCUT2D eigenvalue weighted by molar-refractivity contribution is 0.116. The Kier molecular flexibility index (Phi) is 5.40. The fourth-order valence-corrected chi connectivity index (χ4v) is 2.92. The van der Waals surface area contributed by atoms with Crippen LogP contribution in [0.4, 0.5) is 0 Å². The molecule has 0 aliphatic heterocycles. The monoisotopic (exact) mass is 328 g/mol. The number of aromatic nitrogens is 3. The Balaban J connectivity index is 2.08. The van der Waals surface area contributed by atoms with Gasteiger partial charge in [-0.1, -0.05) is 18.2 Å². The van der Waals surface area contributed by atoms with E-state index >= 15 is 0 Å². The largest absolute Gasteiger partial charge is 0.391 e. The van der Waals surface area contributed by atoms with Crippen molar-refractivity contribution in [2.45, 2.75) is 32.6 Å². The van der Waals surface area contributed by atoms with Crippen LogP contribution in [0.3, 0.4) is 0 Å². The molecule has 6 nitrogen and oxygen atoms in total. The van der Waals surface area contributed by atoms with Crippen LogP contribution >= 0.6 is 0 Å². The van der Waals surface area contributed by atoms with Crippen molar-refractivity contribution in [1.29, 1.82) is 0 Å². The molecule has 0 aliphatic rings. The quantitative estimate of drug-likeness (QED) is 0.662. The maximum absolute atomic E-state index is 10.4. The van der Waals surface area contributed by atoms with Crippen LogP contribution in [0.5, 0.6) is 0 Å². The van der Waals surface area contributed by atoms with Gasteiger partial charge in [0.15, 0.2) is 0 Å². The van der Waals surface area contributed by atoms with E-state index in [4.69, 9.17) is 4.74 Å². The van der Waals surface area contributed by atoms with Crippen LogP contribution in [0.1, 0.15) is 19.2 Å². The van der Waals surface area contributed by atoms with Crippen LogP contribution in [-0.4, -0.2) is 45.9 Å². The summed E-state index contributed by atoms with van der Waals surface area (Å²) in [6.45, 7) is 4.29. The molecule has 0 spiro atoms. The molecule has 1 atom stereocenters. The Morgan fingerprint density at radius 2 is 2.12 bits per heavy atom. The van der Waals surface area contributed by atoms with Gasteiger partial charge in [-0.3, -0.25) is 4.98 Å². The summed E-state index contributed by atoms with van der Waals surface area (Å²) in [5, 5.41) is 14.5. The summed E-state index contributed by atoms with van der Waals surface area (Å²) in [6.07, 6.45) is 2.04. The number of imidazole rings is 1. The molecule has 0 saturated carbocycles. The fraction of sp³-hybridized carbons (Fsp3) is 0.444. The first-order valence-electron chi connectivity index (χ1n) is 8.37. The summed E-state index contributed by atoms with van der Waals surface area (Å²) in [6, 6.07) is 8.02. The van der Waals surface area contributed by atoms with Gasteiger partial charge in [0.25, 0.3) is 0 Å². The molecule has 24 heavy (non-hydrogen) atoms. The van der Waals surface area contributed by atoms with Crippen molar-refractivity contribution < 1.29 is 9.84 Å². The first-order valence-corrected chi connectivity index (χ1v) is 8.37. The molecule has 0 fully saturated rings. The van der Waals surface area contributed by atoms with Crippen LogP contribution in [0, 0.1) is 0 Å². The van der Waals surface area contributed by atoms with Gasteiger partial charge in [0.05, 0.1) is 29.9 Å². The molecule has 2 heterocycles. The van der Waals surface area contributed by atoms with Crippen LogP contribution in [0.15, 0.2) is 30.5 Å². The molecule has 6 heteroatoms. The summed E-state index contributed by atoms with van der Waals surface area (Å²) in [5.74, 6) is 0.827. The highest BCUT2D eigenvalue weighted by Crippen LogP contribution is 2.25. The predicted molar refractivity (Wildman–Crippen MR) is 94.9 cm³/mol. The second-order valence-corrected chi connectivity index (χ2v) is 5.83. The molecule has 0 radical (unpaired) electrons. The highest BCUT2D eigenvalue weighted by atomic mass is 16.5. The Hall–Kier alpha value is -2.02. The maximum Gasteiger partial charge on any atom is 0.136 e. The number of pyridine rings is 1. The zero-order chi connectivity index (χ0) is 16.9. The van der Waals surface area contributed by atoms with Crippen LogP contribution in [0.2, 0.25) is 0 Å². The van der Waals surface area contributed by atoms with Crippen molar-refractivity contribution in [1.82, 2.24) is 19.9 Å². The van der Waals surface area contributed by atoms with Crippen molar-refractivity contribution in [3.05, 3.63) is 36.3 Å². The number of aliphatic hydroxyl groups is 1. The fourth-order valence-electron chi connectivity index (χ4n) is 2.92.